The van der Waals surface area contributed by atoms with Gasteiger partial charge in [0.05, 0.1) is 5.52 Å². The van der Waals surface area contributed by atoms with E-state index in [2.05, 4.69) is 21.9 Å². The minimum absolute atomic E-state index is 0.279. The molecule has 0 atom stereocenters. The van der Waals surface area contributed by atoms with Gasteiger partial charge in [-0.25, -0.2) is 9.97 Å². The smallest absolute Gasteiger partial charge is 0.224 e. The zero-order chi connectivity index (χ0) is 9.97. The van der Waals surface area contributed by atoms with Crippen LogP contribution in [0.2, 0.25) is 5.28 Å². The van der Waals surface area contributed by atoms with E-state index in [1.807, 2.05) is 12.1 Å². The summed E-state index contributed by atoms with van der Waals surface area (Å²) in [5, 5.41) is 1.13. The quantitative estimate of drug-likeness (QED) is 0.448. The van der Waals surface area contributed by atoms with Crippen molar-refractivity contribution in [1.82, 2.24) is 15.0 Å². The zero-order valence-corrected chi connectivity index (χ0v) is 9.14. The predicted molar refractivity (Wildman–Crippen MR) is 58.7 cm³/mol. The van der Waals surface area contributed by atoms with Gasteiger partial charge in [-0.05, 0) is 29.5 Å². The average molecular weight is 226 g/mol. The molecule has 0 aliphatic carbocycles. The number of fused-ring (bicyclic) bond motifs is 1. The molecule has 0 N–H and O–H groups in total. The summed E-state index contributed by atoms with van der Waals surface area (Å²) in [6.07, 6.45) is 1.74. The van der Waals surface area contributed by atoms with Gasteiger partial charge < -0.3 is 0 Å². The molecule has 2 aromatic heterocycles. The standard InChI is InChI=1S/C9H8ClN3S/c1-2-14-8-7-6(4-3-5-11-7)12-9(10)13-8/h3-5H,2H2,1H3. The molecule has 0 unspecified atom stereocenters. The van der Waals surface area contributed by atoms with Gasteiger partial charge in [-0.3, -0.25) is 4.98 Å². The molecule has 72 valence electrons. The van der Waals surface area contributed by atoms with Gasteiger partial charge >= 0.3 is 0 Å². The summed E-state index contributed by atoms with van der Waals surface area (Å²) in [7, 11) is 0. The summed E-state index contributed by atoms with van der Waals surface area (Å²) in [6, 6.07) is 3.72. The van der Waals surface area contributed by atoms with Crippen molar-refractivity contribution >= 4 is 34.4 Å². The summed E-state index contributed by atoms with van der Waals surface area (Å²) in [6.45, 7) is 2.06. The summed E-state index contributed by atoms with van der Waals surface area (Å²) < 4.78 is 0. The molecule has 0 aliphatic rings. The molecule has 2 heterocycles. The van der Waals surface area contributed by atoms with E-state index in [9.17, 15) is 0 Å². The Kier molecular flexibility index (Phi) is 2.84. The lowest BCUT2D eigenvalue weighted by Gasteiger charge is -2.02. The highest BCUT2D eigenvalue weighted by atomic mass is 35.5. The average Bonchev–Trinajstić information content (AvgIpc) is 2.18. The van der Waals surface area contributed by atoms with Gasteiger partial charge in [0.1, 0.15) is 10.5 Å². The second kappa shape index (κ2) is 4.11. The summed E-state index contributed by atoms with van der Waals surface area (Å²) in [5.74, 6) is 0.943. The van der Waals surface area contributed by atoms with Gasteiger partial charge in [0, 0.05) is 6.20 Å². The highest BCUT2D eigenvalue weighted by Gasteiger charge is 2.06. The Morgan fingerprint density at radius 2 is 2.29 bits per heavy atom. The maximum absolute atomic E-state index is 5.80. The van der Waals surface area contributed by atoms with E-state index in [1.165, 1.54) is 0 Å². The zero-order valence-electron chi connectivity index (χ0n) is 7.57. The highest BCUT2D eigenvalue weighted by molar-refractivity contribution is 7.99. The predicted octanol–water partition coefficient (Wildman–Crippen LogP) is 2.79. The third-order valence-corrected chi connectivity index (χ3v) is 2.69. The molecule has 3 nitrogen and oxygen atoms in total. The Morgan fingerprint density at radius 1 is 1.43 bits per heavy atom. The second-order valence-corrected chi connectivity index (χ2v) is 4.19. The first-order chi connectivity index (χ1) is 6.81. The number of aromatic nitrogens is 3. The van der Waals surface area contributed by atoms with Crippen LogP contribution in [0.25, 0.3) is 11.0 Å². The van der Waals surface area contributed by atoms with Crippen molar-refractivity contribution in [2.75, 3.05) is 5.75 Å². The van der Waals surface area contributed by atoms with Crippen molar-refractivity contribution in [3.05, 3.63) is 23.6 Å². The number of halogens is 1. The Hall–Kier alpha value is -0.870. The molecule has 0 spiro atoms. The van der Waals surface area contributed by atoms with Crippen LogP contribution in [-0.4, -0.2) is 20.7 Å². The Bertz CT molecular complexity index is 461. The van der Waals surface area contributed by atoms with Crippen molar-refractivity contribution in [3.8, 4) is 0 Å². The minimum atomic E-state index is 0.279. The molecule has 14 heavy (non-hydrogen) atoms. The molecule has 5 heteroatoms. The fourth-order valence-electron chi connectivity index (χ4n) is 1.15. The maximum Gasteiger partial charge on any atom is 0.224 e. The molecule has 0 saturated heterocycles. The number of pyridine rings is 1. The maximum atomic E-state index is 5.80. The van der Waals surface area contributed by atoms with Crippen molar-refractivity contribution in [2.24, 2.45) is 0 Å². The summed E-state index contributed by atoms with van der Waals surface area (Å²) in [4.78, 5) is 12.5. The molecule has 2 rings (SSSR count). The van der Waals surface area contributed by atoms with E-state index < -0.39 is 0 Å². The third-order valence-electron chi connectivity index (χ3n) is 1.68. The van der Waals surface area contributed by atoms with Crippen LogP contribution in [0, 0.1) is 0 Å². The van der Waals surface area contributed by atoms with Crippen molar-refractivity contribution in [2.45, 2.75) is 11.9 Å². The molecule has 2 aromatic rings. The Labute approximate surface area is 90.9 Å². The Balaban J connectivity index is 2.67. The van der Waals surface area contributed by atoms with Gasteiger partial charge in [-0.15, -0.1) is 11.8 Å². The van der Waals surface area contributed by atoms with E-state index >= 15 is 0 Å². The molecule has 0 amide bonds. The van der Waals surface area contributed by atoms with Crippen LogP contribution < -0.4 is 0 Å². The fourth-order valence-corrected chi connectivity index (χ4v) is 2.09. The van der Waals surface area contributed by atoms with Crippen molar-refractivity contribution in [1.29, 1.82) is 0 Å². The van der Waals surface area contributed by atoms with E-state index in [-0.39, 0.29) is 5.28 Å². The van der Waals surface area contributed by atoms with E-state index in [1.54, 1.807) is 18.0 Å². The van der Waals surface area contributed by atoms with Gasteiger partial charge in [-0.1, -0.05) is 6.92 Å². The third kappa shape index (κ3) is 1.81. The van der Waals surface area contributed by atoms with Crippen LogP contribution >= 0.6 is 23.4 Å². The first-order valence-corrected chi connectivity index (χ1v) is 5.58. The molecular formula is C9H8ClN3S. The van der Waals surface area contributed by atoms with Gasteiger partial charge in [-0.2, -0.15) is 0 Å². The van der Waals surface area contributed by atoms with Crippen LogP contribution in [-0.2, 0) is 0 Å². The minimum Gasteiger partial charge on any atom is -0.252 e. The van der Waals surface area contributed by atoms with E-state index in [0.29, 0.717) is 0 Å². The van der Waals surface area contributed by atoms with Gasteiger partial charge in [0.25, 0.3) is 0 Å². The molecule has 0 aromatic carbocycles. The highest BCUT2D eigenvalue weighted by Crippen LogP contribution is 2.24. The van der Waals surface area contributed by atoms with Crippen LogP contribution in [0.3, 0.4) is 0 Å². The molecule has 0 bridgehead atoms. The fraction of sp³-hybridized carbons (Fsp3) is 0.222. The molecule has 0 fully saturated rings. The van der Waals surface area contributed by atoms with Crippen molar-refractivity contribution < 1.29 is 0 Å². The van der Waals surface area contributed by atoms with Gasteiger partial charge in [0.15, 0.2) is 0 Å². The van der Waals surface area contributed by atoms with Crippen LogP contribution in [0.1, 0.15) is 6.92 Å². The van der Waals surface area contributed by atoms with Crippen LogP contribution in [0.5, 0.6) is 0 Å². The topological polar surface area (TPSA) is 38.7 Å². The van der Waals surface area contributed by atoms with Crippen LogP contribution in [0.15, 0.2) is 23.4 Å². The molecular weight excluding hydrogens is 218 g/mol. The first kappa shape index (κ1) is 9.68. The second-order valence-electron chi connectivity index (χ2n) is 2.60. The molecule has 0 saturated carbocycles. The number of nitrogens with zero attached hydrogens (tertiary/aromatic N) is 3. The van der Waals surface area contributed by atoms with Gasteiger partial charge in [0.2, 0.25) is 5.28 Å². The lowest BCUT2D eigenvalue weighted by atomic mass is 10.4. The first-order valence-electron chi connectivity index (χ1n) is 4.22. The number of thioether (sulfide) groups is 1. The van der Waals surface area contributed by atoms with E-state index in [4.69, 9.17) is 11.6 Å². The largest absolute Gasteiger partial charge is 0.252 e. The van der Waals surface area contributed by atoms with Crippen LogP contribution in [0.4, 0.5) is 0 Å². The lowest BCUT2D eigenvalue weighted by Crippen LogP contribution is -1.91. The number of hydrogen-bond donors (Lipinski definition) is 0. The van der Waals surface area contributed by atoms with E-state index in [0.717, 1.165) is 21.8 Å². The SMILES string of the molecule is CCSc1nc(Cl)nc2cccnc12. The van der Waals surface area contributed by atoms with Crippen molar-refractivity contribution in [3.63, 3.8) is 0 Å². The monoisotopic (exact) mass is 225 g/mol. The summed E-state index contributed by atoms with van der Waals surface area (Å²) >= 11 is 7.42. The normalized spacial score (nSPS) is 10.7. The number of hydrogen-bond acceptors (Lipinski definition) is 4. The number of rotatable bonds is 2. The summed E-state index contributed by atoms with van der Waals surface area (Å²) in [5.41, 5.74) is 1.62. The lowest BCUT2D eigenvalue weighted by molar-refractivity contribution is 1.08. The molecule has 0 aliphatic heterocycles. The molecule has 0 radical (unpaired) electrons. The Morgan fingerprint density at radius 3 is 3.07 bits per heavy atom.